The second-order valence-corrected chi connectivity index (χ2v) is 6.59. The van der Waals surface area contributed by atoms with Gasteiger partial charge in [-0.2, -0.15) is 0 Å². The molecule has 120 valence electrons. The Hall–Kier alpha value is -2.14. The van der Waals surface area contributed by atoms with Gasteiger partial charge >= 0.3 is 0 Å². The average Bonchev–Trinajstić information content (AvgIpc) is 2.95. The summed E-state index contributed by atoms with van der Waals surface area (Å²) in [5, 5.41) is 1.11. The summed E-state index contributed by atoms with van der Waals surface area (Å²) in [4.78, 5) is 9.37. The number of para-hydroxylation sites is 1. The van der Waals surface area contributed by atoms with Crippen molar-refractivity contribution in [2.75, 3.05) is 12.3 Å². The number of rotatable bonds is 2. The standard InChI is InChI=1S/C18H22N4O/c1-4-14-18-21-15-16(22(18)13(9-23-14)10(2)3)11-7-5-6-8-12(11)20-17(15)19/h5-8,10,13-14H,4,9H2,1-3H3,(H2,19,20)/t13-,14?/m1/s1. The highest BCUT2D eigenvalue weighted by molar-refractivity contribution is 6.06. The summed E-state index contributed by atoms with van der Waals surface area (Å²) >= 11 is 0. The van der Waals surface area contributed by atoms with Crippen LogP contribution in [0.4, 0.5) is 5.82 Å². The second-order valence-electron chi connectivity index (χ2n) is 6.59. The van der Waals surface area contributed by atoms with Gasteiger partial charge < -0.3 is 15.0 Å². The number of nitrogen functional groups attached to an aromatic ring is 1. The van der Waals surface area contributed by atoms with Crippen molar-refractivity contribution in [3.05, 3.63) is 30.1 Å². The van der Waals surface area contributed by atoms with Crippen molar-refractivity contribution in [3.8, 4) is 0 Å². The lowest BCUT2D eigenvalue weighted by Crippen LogP contribution is -2.30. The number of benzene rings is 1. The number of fused-ring (bicyclic) bond motifs is 5. The van der Waals surface area contributed by atoms with Gasteiger partial charge in [-0.15, -0.1) is 0 Å². The molecule has 3 aromatic rings. The molecule has 1 aliphatic rings. The lowest BCUT2D eigenvalue weighted by Gasteiger charge is -2.33. The van der Waals surface area contributed by atoms with Crippen LogP contribution in [0.3, 0.4) is 0 Å². The third kappa shape index (κ3) is 2.03. The van der Waals surface area contributed by atoms with E-state index in [4.69, 9.17) is 15.5 Å². The lowest BCUT2D eigenvalue weighted by atomic mass is 10.0. The maximum Gasteiger partial charge on any atom is 0.152 e. The highest BCUT2D eigenvalue weighted by Gasteiger charge is 2.33. The molecule has 0 aliphatic carbocycles. The number of pyridine rings is 1. The Kier molecular flexibility index (Phi) is 3.27. The van der Waals surface area contributed by atoms with Crippen LogP contribution in [0.2, 0.25) is 0 Å². The van der Waals surface area contributed by atoms with Crippen LogP contribution in [0.15, 0.2) is 24.3 Å². The van der Waals surface area contributed by atoms with Gasteiger partial charge in [-0.1, -0.05) is 39.0 Å². The molecule has 5 heteroatoms. The van der Waals surface area contributed by atoms with Gasteiger partial charge in [0.1, 0.15) is 17.4 Å². The number of hydrogen-bond donors (Lipinski definition) is 1. The topological polar surface area (TPSA) is 66.0 Å². The van der Waals surface area contributed by atoms with Crippen LogP contribution in [-0.4, -0.2) is 21.1 Å². The van der Waals surface area contributed by atoms with Crippen LogP contribution in [0.1, 0.15) is 45.2 Å². The predicted molar refractivity (Wildman–Crippen MR) is 92.3 cm³/mol. The van der Waals surface area contributed by atoms with E-state index in [1.165, 1.54) is 0 Å². The predicted octanol–water partition coefficient (Wildman–Crippen LogP) is 3.85. The van der Waals surface area contributed by atoms with E-state index in [0.717, 1.165) is 34.2 Å². The second kappa shape index (κ2) is 5.20. The summed E-state index contributed by atoms with van der Waals surface area (Å²) in [5.41, 5.74) is 9.03. The third-order valence-electron chi connectivity index (χ3n) is 4.81. The van der Waals surface area contributed by atoms with Crippen molar-refractivity contribution in [2.24, 2.45) is 5.92 Å². The number of nitrogens with zero attached hydrogens (tertiary/aromatic N) is 3. The maximum absolute atomic E-state index is 6.22. The Bertz CT molecular complexity index is 883. The van der Waals surface area contributed by atoms with Gasteiger partial charge in [0.25, 0.3) is 0 Å². The van der Waals surface area contributed by atoms with Gasteiger partial charge in [-0.25, -0.2) is 9.97 Å². The molecule has 3 heterocycles. The Morgan fingerprint density at radius 1 is 1.30 bits per heavy atom. The van der Waals surface area contributed by atoms with Crippen LogP contribution >= 0.6 is 0 Å². The molecule has 0 amide bonds. The number of ether oxygens (including phenoxy) is 1. The minimum Gasteiger partial charge on any atom is -0.382 e. The molecule has 0 spiro atoms. The summed E-state index contributed by atoms with van der Waals surface area (Å²) in [6.45, 7) is 7.29. The van der Waals surface area contributed by atoms with Crippen LogP contribution in [0, 0.1) is 5.92 Å². The first-order valence-corrected chi connectivity index (χ1v) is 8.29. The fourth-order valence-corrected chi connectivity index (χ4v) is 3.56. The van der Waals surface area contributed by atoms with E-state index in [2.05, 4.69) is 36.4 Å². The molecule has 2 aromatic heterocycles. The molecule has 2 N–H and O–H groups in total. The SMILES string of the molecule is CCC1OC[C@H](C(C)C)n2c1nc1c(N)nc3ccccc3c12. The fraction of sp³-hybridized carbons (Fsp3) is 0.444. The van der Waals surface area contributed by atoms with Crippen molar-refractivity contribution >= 4 is 27.8 Å². The van der Waals surface area contributed by atoms with E-state index in [9.17, 15) is 0 Å². The van der Waals surface area contributed by atoms with Crippen LogP contribution < -0.4 is 5.73 Å². The Labute approximate surface area is 135 Å². The van der Waals surface area contributed by atoms with E-state index in [0.29, 0.717) is 18.3 Å². The molecule has 1 unspecified atom stereocenters. The zero-order valence-corrected chi connectivity index (χ0v) is 13.8. The normalized spacial score (nSPS) is 21.2. The first kappa shape index (κ1) is 14.5. The van der Waals surface area contributed by atoms with Gasteiger partial charge in [0, 0.05) is 5.39 Å². The van der Waals surface area contributed by atoms with Crippen molar-refractivity contribution in [3.63, 3.8) is 0 Å². The zero-order valence-electron chi connectivity index (χ0n) is 13.8. The summed E-state index contributed by atoms with van der Waals surface area (Å²) in [6.07, 6.45) is 0.926. The molecule has 1 aromatic carbocycles. The monoisotopic (exact) mass is 310 g/mol. The molecule has 1 aliphatic heterocycles. The highest BCUT2D eigenvalue weighted by Crippen LogP contribution is 2.39. The molecule has 23 heavy (non-hydrogen) atoms. The minimum absolute atomic E-state index is 0.0237. The van der Waals surface area contributed by atoms with Gasteiger partial charge in [0.15, 0.2) is 5.82 Å². The Balaban J connectivity index is 2.15. The van der Waals surface area contributed by atoms with Crippen LogP contribution in [-0.2, 0) is 4.74 Å². The third-order valence-corrected chi connectivity index (χ3v) is 4.81. The van der Waals surface area contributed by atoms with Crippen molar-refractivity contribution < 1.29 is 4.74 Å². The summed E-state index contributed by atoms with van der Waals surface area (Å²) in [5.74, 6) is 1.94. The van der Waals surface area contributed by atoms with E-state index in [-0.39, 0.29) is 12.1 Å². The number of nitrogens with two attached hydrogens (primary N) is 1. The summed E-state index contributed by atoms with van der Waals surface area (Å²) in [7, 11) is 0. The Morgan fingerprint density at radius 2 is 2.09 bits per heavy atom. The molecular formula is C18H22N4O. The Morgan fingerprint density at radius 3 is 2.83 bits per heavy atom. The van der Waals surface area contributed by atoms with Gasteiger partial charge in [0.2, 0.25) is 0 Å². The average molecular weight is 310 g/mol. The van der Waals surface area contributed by atoms with Crippen molar-refractivity contribution in [1.82, 2.24) is 14.5 Å². The number of anilines is 1. The molecule has 2 atom stereocenters. The lowest BCUT2D eigenvalue weighted by molar-refractivity contribution is -0.0144. The number of aromatic nitrogens is 3. The summed E-state index contributed by atoms with van der Waals surface area (Å²) in [6, 6.07) is 8.41. The minimum atomic E-state index is 0.0237. The van der Waals surface area contributed by atoms with Gasteiger partial charge in [-0.3, -0.25) is 0 Å². The number of imidazole rings is 1. The molecule has 0 saturated heterocycles. The molecule has 0 saturated carbocycles. The van der Waals surface area contributed by atoms with Crippen molar-refractivity contribution in [1.29, 1.82) is 0 Å². The number of hydrogen-bond acceptors (Lipinski definition) is 4. The molecule has 0 bridgehead atoms. The van der Waals surface area contributed by atoms with Crippen LogP contribution in [0.5, 0.6) is 0 Å². The highest BCUT2D eigenvalue weighted by atomic mass is 16.5. The fourth-order valence-electron chi connectivity index (χ4n) is 3.56. The molecule has 0 radical (unpaired) electrons. The molecule has 0 fully saturated rings. The quantitative estimate of drug-likeness (QED) is 0.781. The van der Waals surface area contributed by atoms with E-state index < -0.39 is 0 Å². The zero-order chi connectivity index (χ0) is 16.1. The van der Waals surface area contributed by atoms with E-state index in [1.54, 1.807) is 0 Å². The van der Waals surface area contributed by atoms with Gasteiger partial charge in [-0.05, 0) is 18.4 Å². The molecule has 5 nitrogen and oxygen atoms in total. The maximum atomic E-state index is 6.22. The first-order valence-electron chi connectivity index (χ1n) is 8.29. The smallest absolute Gasteiger partial charge is 0.152 e. The van der Waals surface area contributed by atoms with Crippen molar-refractivity contribution in [2.45, 2.75) is 39.3 Å². The molecule has 4 rings (SSSR count). The molecular weight excluding hydrogens is 288 g/mol. The van der Waals surface area contributed by atoms with E-state index in [1.807, 2.05) is 18.2 Å². The van der Waals surface area contributed by atoms with Gasteiger partial charge in [0.05, 0.1) is 23.7 Å². The summed E-state index contributed by atoms with van der Waals surface area (Å²) < 4.78 is 8.42. The first-order chi connectivity index (χ1) is 11.1. The van der Waals surface area contributed by atoms with E-state index >= 15 is 0 Å². The van der Waals surface area contributed by atoms with Crippen LogP contribution in [0.25, 0.3) is 21.9 Å². The largest absolute Gasteiger partial charge is 0.382 e.